The molecular formula is C24H23F5N4O3. The summed E-state index contributed by atoms with van der Waals surface area (Å²) in [6.07, 6.45) is -4.30. The molecule has 192 valence electrons. The predicted octanol–water partition coefficient (Wildman–Crippen LogP) is 5.78. The standard InChI is InChI=1S/C24H23F5N4O3/c25-23(26)8-12-31(13-9-23)18-3-1-2-17(14-18)30-22(34)20-5-4-19(33(35)36)15-21(20)32-10-6-16(7-11-32)24(27,28)29/h1-6,14-15H,7-13H2,(H,30,34). The van der Waals surface area contributed by atoms with Crippen LogP contribution in [0.3, 0.4) is 0 Å². The van der Waals surface area contributed by atoms with Crippen molar-refractivity contribution in [2.24, 2.45) is 0 Å². The Morgan fingerprint density at radius 1 is 1.03 bits per heavy atom. The molecule has 0 spiro atoms. The molecule has 1 N–H and O–H groups in total. The summed E-state index contributed by atoms with van der Waals surface area (Å²) in [4.78, 5) is 27.1. The van der Waals surface area contributed by atoms with Crippen LogP contribution < -0.4 is 15.1 Å². The van der Waals surface area contributed by atoms with Crippen molar-refractivity contribution in [3.63, 3.8) is 0 Å². The molecule has 0 saturated carbocycles. The Kier molecular flexibility index (Phi) is 6.87. The van der Waals surface area contributed by atoms with Gasteiger partial charge in [0.25, 0.3) is 17.5 Å². The molecule has 0 unspecified atom stereocenters. The van der Waals surface area contributed by atoms with E-state index in [-0.39, 0.29) is 62.4 Å². The fourth-order valence-electron chi connectivity index (χ4n) is 4.30. The summed E-state index contributed by atoms with van der Waals surface area (Å²) >= 11 is 0. The van der Waals surface area contributed by atoms with Crippen molar-refractivity contribution in [1.29, 1.82) is 0 Å². The quantitative estimate of drug-likeness (QED) is 0.239. The number of alkyl halides is 5. The van der Waals surface area contributed by atoms with Gasteiger partial charge >= 0.3 is 6.18 Å². The van der Waals surface area contributed by atoms with Gasteiger partial charge in [0, 0.05) is 68.1 Å². The van der Waals surface area contributed by atoms with Gasteiger partial charge in [-0.1, -0.05) is 12.1 Å². The highest BCUT2D eigenvalue weighted by atomic mass is 19.4. The van der Waals surface area contributed by atoms with Crippen LogP contribution in [0.5, 0.6) is 0 Å². The van der Waals surface area contributed by atoms with Crippen LogP contribution in [0.15, 0.2) is 54.1 Å². The van der Waals surface area contributed by atoms with E-state index in [4.69, 9.17) is 0 Å². The lowest BCUT2D eigenvalue weighted by Crippen LogP contribution is -2.39. The Bertz CT molecular complexity index is 1190. The van der Waals surface area contributed by atoms with E-state index in [1.807, 2.05) is 0 Å². The number of amides is 1. The Morgan fingerprint density at radius 2 is 1.75 bits per heavy atom. The zero-order chi connectivity index (χ0) is 26.1. The molecule has 0 aliphatic carbocycles. The summed E-state index contributed by atoms with van der Waals surface area (Å²) in [6.45, 7) is 0.103. The number of piperidine rings is 1. The van der Waals surface area contributed by atoms with Crippen LogP contribution >= 0.6 is 0 Å². The molecule has 0 aromatic heterocycles. The number of halogens is 5. The zero-order valence-corrected chi connectivity index (χ0v) is 19.0. The SMILES string of the molecule is O=C(Nc1cccc(N2CCC(F)(F)CC2)c1)c1ccc([N+](=O)[O-])cc1N1CC=C(C(F)(F)F)CC1. The minimum Gasteiger partial charge on any atom is -0.371 e. The van der Waals surface area contributed by atoms with Gasteiger partial charge in [-0.25, -0.2) is 8.78 Å². The van der Waals surface area contributed by atoms with Crippen molar-refractivity contribution >= 4 is 28.7 Å². The lowest BCUT2D eigenvalue weighted by molar-refractivity contribution is -0.384. The molecule has 2 aliphatic rings. The monoisotopic (exact) mass is 510 g/mol. The molecule has 0 atom stereocenters. The van der Waals surface area contributed by atoms with Crippen LogP contribution in [0.2, 0.25) is 0 Å². The van der Waals surface area contributed by atoms with E-state index in [0.717, 1.165) is 12.1 Å². The first-order chi connectivity index (χ1) is 16.9. The molecule has 1 fully saturated rings. The third-order valence-electron chi connectivity index (χ3n) is 6.31. The molecule has 0 radical (unpaired) electrons. The second kappa shape index (κ2) is 9.75. The highest BCUT2D eigenvalue weighted by Gasteiger charge is 2.36. The molecule has 36 heavy (non-hydrogen) atoms. The maximum absolute atomic E-state index is 13.5. The molecule has 2 aromatic carbocycles. The van der Waals surface area contributed by atoms with E-state index in [9.17, 15) is 36.9 Å². The van der Waals surface area contributed by atoms with Crippen LogP contribution in [-0.4, -0.2) is 49.1 Å². The summed E-state index contributed by atoms with van der Waals surface area (Å²) in [7, 11) is 0. The highest BCUT2D eigenvalue weighted by Crippen LogP contribution is 2.35. The average Bonchev–Trinajstić information content (AvgIpc) is 2.83. The molecule has 2 aliphatic heterocycles. The van der Waals surface area contributed by atoms with Gasteiger partial charge in [-0.15, -0.1) is 0 Å². The number of nitro benzene ring substituents is 1. The number of hydrogen-bond acceptors (Lipinski definition) is 5. The Hall–Kier alpha value is -3.70. The van der Waals surface area contributed by atoms with Crippen LogP contribution in [0.25, 0.3) is 0 Å². The number of non-ortho nitro benzene ring substituents is 1. The van der Waals surface area contributed by atoms with Crippen molar-refractivity contribution in [2.45, 2.75) is 31.4 Å². The van der Waals surface area contributed by atoms with E-state index in [0.29, 0.717) is 11.4 Å². The zero-order valence-electron chi connectivity index (χ0n) is 19.0. The third-order valence-corrected chi connectivity index (χ3v) is 6.31. The Labute approximate surface area is 203 Å². The maximum atomic E-state index is 13.5. The molecular weight excluding hydrogens is 487 g/mol. The number of nitrogens with zero attached hydrogens (tertiary/aromatic N) is 3. The number of carbonyl (C=O) groups excluding carboxylic acids is 1. The second-order valence-corrected chi connectivity index (χ2v) is 8.73. The van der Waals surface area contributed by atoms with Crippen molar-refractivity contribution in [3.8, 4) is 0 Å². The predicted molar refractivity (Wildman–Crippen MR) is 125 cm³/mol. The number of carbonyl (C=O) groups is 1. The van der Waals surface area contributed by atoms with E-state index in [1.165, 1.54) is 17.0 Å². The minimum absolute atomic E-state index is 0.0625. The molecule has 1 saturated heterocycles. The summed E-state index contributed by atoms with van der Waals surface area (Å²) in [5.74, 6) is -3.30. The first-order valence-electron chi connectivity index (χ1n) is 11.3. The normalized spacial score (nSPS) is 18.0. The first-order valence-corrected chi connectivity index (χ1v) is 11.3. The smallest absolute Gasteiger partial charge is 0.371 e. The molecule has 12 heteroatoms. The lowest BCUT2D eigenvalue weighted by atomic mass is 10.0. The van der Waals surface area contributed by atoms with Crippen LogP contribution in [0.4, 0.5) is 44.7 Å². The van der Waals surface area contributed by atoms with Crippen LogP contribution in [0.1, 0.15) is 29.6 Å². The van der Waals surface area contributed by atoms with Crippen molar-refractivity contribution in [1.82, 2.24) is 0 Å². The summed E-state index contributed by atoms with van der Waals surface area (Å²) < 4.78 is 66.0. The van der Waals surface area contributed by atoms with E-state index in [1.54, 1.807) is 29.2 Å². The summed E-state index contributed by atoms with van der Waals surface area (Å²) in [5.41, 5.74) is 0.282. The van der Waals surface area contributed by atoms with Gasteiger partial charge in [0.05, 0.1) is 16.2 Å². The number of rotatable bonds is 5. The van der Waals surface area contributed by atoms with Crippen molar-refractivity contribution < 1.29 is 31.7 Å². The number of nitro groups is 1. The summed E-state index contributed by atoms with van der Waals surface area (Å²) in [6, 6.07) is 10.3. The summed E-state index contributed by atoms with van der Waals surface area (Å²) in [5, 5.41) is 14.0. The van der Waals surface area contributed by atoms with Gasteiger partial charge < -0.3 is 15.1 Å². The number of nitrogens with one attached hydrogen (secondary N) is 1. The maximum Gasteiger partial charge on any atom is 0.412 e. The average molecular weight is 510 g/mol. The number of anilines is 3. The van der Waals surface area contributed by atoms with Gasteiger partial charge in [-0.3, -0.25) is 14.9 Å². The molecule has 2 heterocycles. The van der Waals surface area contributed by atoms with Gasteiger partial charge in [0.2, 0.25) is 0 Å². The third kappa shape index (κ3) is 5.74. The van der Waals surface area contributed by atoms with E-state index >= 15 is 0 Å². The topological polar surface area (TPSA) is 78.7 Å². The minimum atomic E-state index is -4.45. The van der Waals surface area contributed by atoms with Crippen LogP contribution in [-0.2, 0) is 0 Å². The van der Waals surface area contributed by atoms with E-state index < -0.39 is 28.5 Å². The van der Waals surface area contributed by atoms with Crippen molar-refractivity contribution in [3.05, 3.63) is 69.8 Å². The van der Waals surface area contributed by atoms with Gasteiger partial charge in [-0.05, 0) is 30.7 Å². The molecule has 2 aromatic rings. The van der Waals surface area contributed by atoms with Crippen LogP contribution in [0, 0.1) is 10.1 Å². The number of hydrogen-bond donors (Lipinski definition) is 1. The first kappa shape index (κ1) is 25.4. The fraction of sp³-hybridized carbons (Fsp3) is 0.375. The Balaban J connectivity index is 1.56. The highest BCUT2D eigenvalue weighted by molar-refractivity contribution is 6.08. The molecule has 1 amide bonds. The largest absolute Gasteiger partial charge is 0.412 e. The number of benzene rings is 2. The molecule has 4 rings (SSSR count). The van der Waals surface area contributed by atoms with Crippen molar-refractivity contribution in [2.75, 3.05) is 41.3 Å². The van der Waals surface area contributed by atoms with E-state index in [2.05, 4.69) is 5.32 Å². The fourth-order valence-corrected chi connectivity index (χ4v) is 4.30. The lowest BCUT2D eigenvalue weighted by Gasteiger charge is -2.33. The Morgan fingerprint density at radius 3 is 2.36 bits per heavy atom. The van der Waals surface area contributed by atoms with Gasteiger partial charge in [0.1, 0.15) is 0 Å². The van der Waals surface area contributed by atoms with Gasteiger partial charge in [-0.2, -0.15) is 13.2 Å². The molecule has 7 nitrogen and oxygen atoms in total. The molecule has 0 bridgehead atoms. The second-order valence-electron chi connectivity index (χ2n) is 8.73. The van der Waals surface area contributed by atoms with Gasteiger partial charge in [0.15, 0.2) is 0 Å².